The summed E-state index contributed by atoms with van der Waals surface area (Å²) < 4.78 is 41.8. The quantitative estimate of drug-likeness (QED) is 0.370. The number of amides is 2. The van der Waals surface area contributed by atoms with Gasteiger partial charge < -0.3 is 10.2 Å². The first-order chi connectivity index (χ1) is 18.1. The highest BCUT2D eigenvalue weighted by atomic mass is 32.2. The van der Waals surface area contributed by atoms with E-state index in [0.29, 0.717) is 6.42 Å². The van der Waals surface area contributed by atoms with Gasteiger partial charge in [0.15, 0.2) is 0 Å². The number of carbonyl (C=O) groups excluding carboxylic acids is 2. The number of benzene rings is 3. The normalized spacial score (nSPS) is 12.8. The maximum Gasteiger partial charge on any atom is 0.264 e. The van der Waals surface area contributed by atoms with Crippen LogP contribution in [0.4, 0.5) is 10.1 Å². The third-order valence-electron chi connectivity index (χ3n) is 6.38. The first-order valence-corrected chi connectivity index (χ1v) is 14.0. The Labute approximate surface area is 224 Å². The number of anilines is 1. The predicted octanol–water partition coefficient (Wildman–Crippen LogP) is 4.40. The van der Waals surface area contributed by atoms with Crippen LogP contribution in [-0.4, -0.2) is 50.3 Å². The van der Waals surface area contributed by atoms with E-state index in [0.717, 1.165) is 28.4 Å². The summed E-state index contributed by atoms with van der Waals surface area (Å²) in [5, 5.41) is 2.91. The standard InChI is InChI=1S/C29H34FN3O4S/c1-4-22(2)31-29(35)23(3)32(20-19-24-11-7-5-8-12-24)28(34)21-33(26-13-9-6-10-14-26)38(36,37)27-17-15-25(30)16-18-27/h5-18,22-23H,4,19-21H2,1-3H3,(H,31,35)/t22-,23-/m0/s1. The topological polar surface area (TPSA) is 86.8 Å². The fraction of sp³-hybridized carbons (Fsp3) is 0.310. The zero-order valence-corrected chi connectivity index (χ0v) is 22.7. The van der Waals surface area contributed by atoms with Crippen LogP contribution in [0.2, 0.25) is 0 Å². The van der Waals surface area contributed by atoms with Gasteiger partial charge in [-0.05, 0) is 68.7 Å². The number of hydrogen-bond donors (Lipinski definition) is 1. The summed E-state index contributed by atoms with van der Waals surface area (Å²) in [7, 11) is -4.22. The van der Waals surface area contributed by atoms with Gasteiger partial charge in [0.1, 0.15) is 18.4 Å². The van der Waals surface area contributed by atoms with Gasteiger partial charge in [0.2, 0.25) is 11.8 Å². The molecule has 0 spiro atoms. The lowest BCUT2D eigenvalue weighted by Gasteiger charge is -2.32. The van der Waals surface area contributed by atoms with E-state index in [1.165, 1.54) is 17.0 Å². The highest BCUT2D eigenvalue weighted by Gasteiger charge is 2.32. The zero-order valence-electron chi connectivity index (χ0n) is 21.9. The van der Waals surface area contributed by atoms with Crippen molar-refractivity contribution in [1.29, 1.82) is 0 Å². The number of para-hydroxylation sites is 1. The van der Waals surface area contributed by atoms with E-state index in [9.17, 15) is 22.4 Å². The molecule has 1 N–H and O–H groups in total. The second kappa shape index (κ2) is 13.2. The third-order valence-corrected chi connectivity index (χ3v) is 8.17. The van der Waals surface area contributed by atoms with E-state index < -0.39 is 34.3 Å². The van der Waals surface area contributed by atoms with Crippen molar-refractivity contribution in [1.82, 2.24) is 10.2 Å². The van der Waals surface area contributed by atoms with Crippen molar-refractivity contribution >= 4 is 27.5 Å². The Morgan fingerprint density at radius 1 is 0.895 bits per heavy atom. The van der Waals surface area contributed by atoms with Gasteiger partial charge in [-0.15, -0.1) is 0 Å². The molecule has 0 fully saturated rings. The minimum atomic E-state index is -4.22. The van der Waals surface area contributed by atoms with Crippen molar-refractivity contribution in [3.8, 4) is 0 Å². The Kier molecular flexibility index (Phi) is 10.0. The summed E-state index contributed by atoms with van der Waals surface area (Å²) >= 11 is 0. The number of halogens is 1. The molecule has 0 saturated heterocycles. The number of hydrogen-bond acceptors (Lipinski definition) is 4. The van der Waals surface area contributed by atoms with Crippen LogP contribution in [0.3, 0.4) is 0 Å². The van der Waals surface area contributed by atoms with E-state index in [2.05, 4.69) is 5.32 Å². The zero-order chi connectivity index (χ0) is 27.7. The number of sulfonamides is 1. The molecule has 7 nitrogen and oxygen atoms in total. The second-order valence-electron chi connectivity index (χ2n) is 9.12. The Balaban J connectivity index is 1.94. The SMILES string of the molecule is CC[C@H](C)NC(=O)[C@H](C)N(CCc1ccccc1)C(=O)CN(c1ccccc1)S(=O)(=O)c1ccc(F)cc1. The van der Waals surface area contributed by atoms with E-state index in [-0.39, 0.29) is 29.1 Å². The van der Waals surface area contributed by atoms with Crippen molar-refractivity contribution in [2.45, 2.75) is 50.6 Å². The largest absolute Gasteiger partial charge is 0.352 e. The van der Waals surface area contributed by atoms with Crippen LogP contribution in [0.15, 0.2) is 89.8 Å². The first kappa shape index (κ1) is 28.8. The van der Waals surface area contributed by atoms with Crippen LogP contribution in [-0.2, 0) is 26.0 Å². The molecule has 0 aromatic heterocycles. The lowest BCUT2D eigenvalue weighted by atomic mass is 10.1. The maximum atomic E-state index is 13.8. The van der Waals surface area contributed by atoms with Crippen LogP contribution in [0.1, 0.15) is 32.8 Å². The summed E-state index contributed by atoms with van der Waals surface area (Å²) in [5.41, 5.74) is 1.27. The van der Waals surface area contributed by atoms with E-state index in [4.69, 9.17) is 0 Å². The van der Waals surface area contributed by atoms with Gasteiger partial charge >= 0.3 is 0 Å². The van der Waals surface area contributed by atoms with Crippen LogP contribution in [0.5, 0.6) is 0 Å². The minimum absolute atomic E-state index is 0.0734. The molecule has 0 aliphatic rings. The molecule has 3 rings (SSSR count). The molecule has 0 radical (unpaired) electrons. The lowest BCUT2D eigenvalue weighted by molar-refractivity contribution is -0.139. The molecular formula is C29H34FN3O4S. The molecule has 0 saturated carbocycles. The third kappa shape index (κ3) is 7.41. The molecule has 38 heavy (non-hydrogen) atoms. The highest BCUT2D eigenvalue weighted by Crippen LogP contribution is 2.24. The van der Waals surface area contributed by atoms with E-state index >= 15 is 0 Å². The molecule has 3 aromatic carbocycles. The van der Waals surface area contributed by atoms with Crippen molar-refractivity contribution in [2.75, 3.05) is 17.4 Å². The molecule has 202 valence electrons. The first-order valence-electron chi connectivity index (χ1n) is 12.6. The molecule has 2 amide bonds. The van der Waals surface area contributed by atoms with Gasteiger partial charge in [0.25, 0.3) is 10.0 Å². The van der Waals surface area contributed by atoms with Crippen molar-refractivity contribution < 1.29 is 22.4 Å². The summed E-state index contributed by atoms with van der Waals surface area (Å²) in [6, 6.07) is 21.4. The van der Waals surface area contributed by atoms with Crippen molar-refractivity contribution in [3.05, 3.63) is 96.3 Å². The fourth-order valence-corrected chi connectivity index (χ4v) is 5.31. The molecule has 0 heterocycles. The molecule has 3 aromatic rings. The molecule has 0 aliphatic carbocycles. The Hall–Kier alpha value is -3.72. The summed E-state index contributed by atoms with van der Waals surface area (Å²) in [6.45, 7) is 5.16. The van der Waals surface area contributed by atoms with Gasteiger partial charge in [-0.1, -0.05) is 55.5 Å². The van der Waals surface area contributed by atoms with E-state index in [1.807, 2.05) is 44.2 Å². The van der Waals surface area contributed by atoms with Crippen LogP contribution < -0.4 is 9.62 Å². The van der Waals surface area contributed by atoms with Gasteiger partial charge in [0, 0.05) is 12.6 Å². The summed E-state index contributed by atoms with van der Waals surface area (Å²) in [6.07, 6.45) is 1.22. The van der Waals surface area contributed by atoms with Gasteiger partial charge in [-0.3, -0.25) is 13.9 Å². The molecule has 9 heteroatoms. The Morgan fingerprint density at radius 2 is 1.47 bits per heavy atom. The van der Waals surface area contributed by atoms with E-state index in [1.54, 1.807) is 37.3 Å². The van der Waals surface area contributed by atoms with Crippen LogP contribution >= 0.6 is 0 Å². The molecule has 0 aliphatic heterocycles. The maximum absolute atomic E-state index is 13.8. The summed E-state index contributed by atoms with van der Waals surface area (Å²) in [4.78, 5) is 28.0. The molecule has 0 bridgehead atoms. The lowest BCUT2D eigenvalue weighted by Crippen LogP contribution is -2.53. The molecule has 0 unspecified atom stereocenters. The van der Waals surface area contributed by atoms with Gasteiger partial charge in [-0.25, -0.2) is 12.8 Å². The second-order valence-corrected chi connectivity index (χ2v) is 11.0. The van der Waals surface area contributed by atoms with Crippen LogP contribution in [0, 0.1) is 5.82 Å². The highest BCUT2D eigenvalue weighted by molar-refractivity contribution is 7.92. The van der Waals surface area contributed by atoms with Gasteiger partial charge in [-0.2, -0.15) is 0 Å². The Bertz CT molecular complexity index is 1300. The number of nitrogens with one attached hydrogen (secondary N) is 1. The smallest absolute Gasteiger partial charge is 0.264 e. The number of nitrogens with zero attached hydrogens (tertiary/aromatic N) is 2. The number of rotatable bonds is 12. The molecule has 2 atom stereocenters. The average molecular weight is 540 g/mol. The van der Waals surface area contributed by atoms with Gasteiger partial charge in [0.05, 0.1) is 10.6 Å². The fourth-order valence-electron chi connectivity index (χ4n) is 3.89. The number of carbonyl (C=O) groups is 2. The Morgan fingerprint density at radius 3 is 2.05 bits per heavy atom. The molecular weight excluding hydrogens is 505 g/mol. The average Bonchev–Trinajstić information content (AvgIpc) is 2.92. The summed E-state index contributed by atoms with van der Waals surface area (Å²) in [5.74, 6) is -1.41. The van der Waals surface area contributed by atoms with Crippen molar-refractivity contribution in [2.24, 2.45) is 0 Å². The minimum Gasteiger partial charge on any atom is -0.352 e. The monoisotopic (exact) mass is 539 g/mol. The van der Waals surface area contributed by atoms with Crippen LogP contribution in [0.25, 0.3) is 0 Å². The van der Waals surface area contributed by atoms with Crippen molar-refractivity contribution in [3.63, 3.8) is 0 Å². The predicted molar refractivity (Wildman–Crippen MR) is 147 cm³/mol.